The van der Waals surface area contributed by atoms with E-state index in [1.165, 1.54) is 16.7 Å². The van der Waals surface area contributed by atoms with E-state index in [0.29, 0.717) is 15.6 Å². The molecule has 3 aromatic carbocycles. The van der Waals surface area contributed by atoms with Crippen molar-refractivity contribution < 1.29 is 9.59 Å². The Morgan fingerprint density at radius 1 is 0.867 bits per heavy atom. The second kappa shape index (κ2) is 8.38. The maximum atomic E-state index is 13.3. The standard InChI is InChI=1S/C24H19ClN2O2S/c1-15-8-13-20(16(2)14-15)26-21-22(30-19-6-4-3-5-7-19)24(29)27(23(21)28)18-11-9-17(25)10-12-18/h3-14,26H,1-2H3. The highest BCUT2D eigenvalue weighted by Crippen LogP contribution is 2.38. The van der Waals surface area contributed by atoms with Crippen molar-refractivity contribution in [1.82, 2.24) is 0 Å². The van der Waals surface area contributed by atoms with Crippen LogP contribution in [0.1, 0.15) is 11.1 Å². The van der Waals surface area contributed by atoms with Gasteiger partial charge in [-0.05, 0) is 61.9 Å². The second-order valence-corrected chi connectivity index (χ2v) is 8.50. The molecule has 0 bridgehead atoms. The van der Waals surface area contributed by atoms with Gasteiger partial charge in [0, 0.05) is 15.6 Å². The van der Waals surface area contributed by atoms with Gasteiger partial charge in [-0.3, -0.25) is 9.59 Å². The van der Waals surface area contributed by atoms with E-state index in [4.69, 9.17) is 11.6 Å². The lowest BCUT2D eigenvalue weighted by atomic mass is 10.1. The van der Waals surface area contributed by atoms with Crippen molar-refractivity contribution in [3.63, 3.8) is 0 Å². The summed E-state index contributed by atoms with van der Waals surface area (Å²) in [6.45, 7) is 3.98. The summed E-state index contributed by atoms with van der Waals surface area (Å²) >= 11 is 7.26. The fourth-order valence-electron chi connectivity index (χ4n) is 3.23. The number of carbonyl (C=O) groups excluding carboxylic acids is 2. The Balaban J connectivity index is 1.76. The average molecular weight is 435 g/mol. The largest absolute Gasteiger partial charge is 0.350 e. The van der Waals surface area contributed by atoms with E-state index >= 15 is 0 Å². The molecular formula is C24H19ClN2O2S. The number of nitrogens with zero attached hydrogens (tertiary/aromatic N) is 1. The van der Waals surface area contributed by atoms with Gasteiger partial charge in [-0.2, -0.15) is 0 Å². The molecule has 150 valence electrons. The number of hydrogen-bond donors (Lipinski definition) is 1. The minimum Gasteiger partial charge on any atom is -0.350 e. The van der Waals surface area contributed by atoms with Crippen LogP contribution in [0.25, 0.3) is 0 Å². The number of rotatable bonds is 5. The highest BCUT2D eigenvalue weighted by molar-refractivity contribution is 8.04. The Hall–Kier alpha value is -3.02. The van der Waals surface area contributed by atoms with Crippen LogP contribution in [0.4, 0.5) is 11.4 Å². The number of nitrogens with one attached hydrogen (secondary N) is 1. The molecule has 4 rings (SSSR count). The molecule has 1 heterocycles. The maximum Gasteiger partial charge on any atom is 0.283 e. The van der Waals surface area contributed by atoms with Gasteiger partial charge in [0.15, 0.2) is 0 Å². The molecule has 0 spiro atoms. The predicted molar refractivity (Wildman–Crippen MR) is 123 cm³/mol. The van der Waals surface area contributed by atoms with Crippen molar-refractivity contribution in [2.45, 2.75) is 18.7 Å². The first kappa shape index (κ1) is 20.3. The van der Waals surface area contributed by atoms with Gasteiger partial charge in [0.1, 0.15) is 10.6 Å². The average Bonchev–Trinajstić information content (AvgIpc) is 2.95. The van der Waals surface area contributed by atoms with Crippen LogP contribution in [0.15, 0.2) is 88.3 Å². The number of anilines is 2. The molecule has 0 aromatic heterocycles. The third kappa shape index (κ3) is 3.99. The van der Waals surface area contributed by atoms with Crippen LogP contribution in [-0.2, 0) is 9.59 Å². The van der Waals surface area contributed by atoms with Gasteiger partial charge in [-0.25, -0.2) is 4.90 Å². The Labute approximate surface area is 184 Å². The van der Waals surface area contributed by atoms with E-state index in [1.807, 2.05) is 62.4 Å². The summed E-state index contributed by atoms with van der Waals surface area (Å²) < 4.78 is 0. The number of halogens is 1. The Bertz CT molecular complexity index is 1160. The van der Waals surface area contributed by atoms with Crippen molar-refractivity contribution >= 4 is 46.6 Å². The number of amides is 2. The molecule has 0 radical (unpaired) electrons. The van der Waals surface area contributed by atoms with Crippen LogP contribution in [0.3, 0.4) is 0 Å². The van der Waals surface area contributed by atoms with Gasteiger partial charge in [-0.15, -0.1) is 0 Å². The highest BCUT2D eigenvalue weighted by Gasteiger charge is 2.40. The molecule has 4 nitrogen and oxygen atoms in total. The lowest BCUT2D eigenvalue weighted by molar-refractivity contribution is -0.120. The first-order valence-electron chi connectivity index (χ1n) is 9.40. The normalized spacial score (nSPS) is 13.9. The van der Waals surface area contributed by atoms with Gasteiger partial charge in [0.05, 0.1) is 5.69 Å². The van der Waals surface area contributed by atoms with Gasteiger partial charge >= 0.3 is 0 Å². The predicted octanol–water partition coefficient (Wildman–Crippen LogP) is 5.95. The Morgan fingerprint density at radius 3 is 2.23 bits per heavy atom. The number of aryl methyl sites for hydroxylation is 2. The molecule has 6 heteroatoms. The fourth-order valence-corrected chi connectivity index (χ4v) is 4.31. The highest BCUT2D eigenvalue weighted by atomic mass is 35.5. The molecular weight excluding hydrogens is 416 g/mol. The molecule has 1 aliphatic heterocycles. The van der Waals surface area contributed by atoms with Crippen molar-refractivity contribution in [3.8, 4) is 0 Å². The van der Waals surface area contributed by atoms with Crippen LogP contribution in [0, 0.1) is 13.8 Å². The van der Waals surface area contributed by atoms with Gasteiger partial charge in [0.2, 0.25) is 0 Å². The third-order valence-corrected chi connectivity index (χ3v) is 6.07. The Kier molecular flexibility index (Phi) is 5.66. The van der Waals surface area contributed by atoms with E-state index in [-0.39, 0.29) is 17.5 Å². The number of thioether (sulfide) groups is 1. The van der Waals surface area contributed by atoms with Crippen LogP contribution < -0.4 is 10.2 Å². The third-order valence-electron chi connectivity index (χ3n) is 4.73. The summed E-state index contributed by atoms with van der Waals surface area (Å²) in [5.41, 5.74) is 3.67. The number of imide groups is 1. The summed E-state index contributed by atoms with van der Waals surface area (Å²) in [6, 6.07) is 22.1. The topological polar surface area (TPSA) is 49.4 Å². The maximum absolute atomic E-state index is 13.3. The van der Waals surface area contributed by atoms with E-state index in [2.05, 4.69) is 5.32 Å². The minimum absolute atomic E-state index is 0.274. The van der Waals surface area contributed by atoms with E-state index in [0.717, 1.165) is 21.7 Å². The summed E-state index contributed by atoms with van der Waals surface area (Å²) in [5.74, 6) is -0.746. The zero-order valence-corrected chi connectivity index (χ0v) is 18.1. The molecule has 3 aromatic rings. The first-order chi connectivity index (χ1) is 14.4. The molecule has 0 unspecified atom stereocenters. The molecule has 0 aliphatic carbocycles. The minimum atomic E-state index is -0.388. The number of carbonyl (C=O) groups is 2. The molecule has 1 N–H and O–H groups in total. The Morgan fingerprint density at radius 2 is 1.57 bits per heavy atom. The van der Waals surface area contributed by atoms with Crippen molar-refractivity contribution in [3.05, 3.63) is 99.5 Å². The molecule has 30 heavy (non-hydrogen) atoms. The molecule has 0 saturated carbocycles. The summed E-state index contributed by atoms with van der Waals surface area (Å²) in [5, 5.41) is 3.76. The smallest absolute Gasteiger partial charge is 0.283 e. The van der Waals surface area contributed by atoms with Crippen LogP contribution in [0.2, 0.25) is 5.02 Å². The van der Waals surface area contributed by atoms with Gasteiger partial charge in [0.25, 0.3) is 11.8 Å². The molecule has 1 aliphatic rings. The van der Waals surface area contributed by atoms with Crippen molar-refractivity contribution in [2.75, 3.05) is 10.2 Å². The second-order valence-electron chi connectivity index (χ2n) is 6.98. The van der Waals surface area contributed by atoms with Gasteiger partial charge < -0.3 is 5.32 Å². The zero-order valence-electron chi connectivity index (χ0n) is 16.5. The van der Waals surface area contributed by atoms with E-state index < -0.39 is 0 Å². The fraction of sp³-hybridized carbons (Fsp3) is 0.0833. The van der Waals surface area contributed by atoms with E-state index in [9.17, 15) is 9.59 Å². The van der Waals surface area contributed by atoms with E-state index in [1.54, 1.807) is 24.3 Å². The SMILES string of the molecule is Cc1ccc(NC2=C(Sc3ccccc3)C(=O)N(c3ccc(Cl)cc3)C2=O)c(C)c1. The summed E-state index contributed by atoms with van der Waals surface area (Å²) in [4.78, 5) is 29.1. The molecule has 0 saturated heterocycles. The molecule has 0 fully saturated rings. The zero-order chi connectivity index (χ0) is 21.3. The summed E-state index contributed by atoms with van der Waals surface area (Å²) in [6.07, 6.45) is 0. The lowest BCUT2D eigenvalue weighted by Gasteiger charge is -2.16. The molecule has 2 amide bonds. The van der Waals surface area contributed by atoms with Crippen LogP contribution in [-0.4, -0.2) is 11.8 Å². The lowest BCUT2D eigenvalue weighted by Crippen LogP contribution is -2.32. The molecule has 0 atom stereocenters. The van der Waals surface area contributed by atoms with Crippen molar-refractivity contribution in [2.24, 2.45) is 0 Å². The number of benzene rings is 3. The monoisotopic (exact) mass is 434 g/mol. The summed E-state index contributed by atoms with van der Waals surface area (Å²) in [7, 11) is 0. The number of hydrogen-bond acceptors (Lipinski definition) is 4. The van der Waals surface area contributed by atoms with Crippen molar-refractivity contribution in [1.29, 1.82) is 0 Å². The van der Waals surface area contributed by atoms with Crippen LogP contribution >= 0.6 is 23.4 Å². The van der Waals surface area contributed by atoms with Crippen LogP contribution in [0.5, 0.6) is 0 Å². The first-order valence-corrected chi connectivity index (χ1v) is 10.6. The quantitative estimate of drug-likeness (QED) is 0.504. The van der Waals surface area contributed by atoms with Gasteiger partial charge in [-0.1, -0.05) is 59.3 Å².